The molecule has 1 aromatic carbocycles. The number of ether oxygens (including phenoxy) is 2. The van der Waals surface area contributed by atoms with E-state index in [1.165, 1.54) is 0 Å². The fraction of sp³-hybridized carbons (Fsp3) is 0.611. The summed E-state index contributed by atoms with van der Waals surface area (Å²) in [7, 11) is 1.68. The van der Waals surface area contributed by atoms with Crippen LogP contribution in [-0.2, 0) is 4.74 Å². The second kappa shape index (κ2) is 7.57. The molecule has 1 heterocycles. The van der Waals surface area contributed by atoms with Crippen molar-refractivity contribution in [2.24, 2.45) is 5.92 Å². The van der Waals surface area contributed by atoms with Crippen LogP contribution < -0.4 is 9.64 Å². The molecule has 5 nitrogen and oxygen atoms in total. The van der Waals surface area contributed by atoms with Crippen LogP contribution in [-0.4, -0.2) is 49.9 Å². The SMILES string of the molecule is COc1cccc(N2C(C)CN(C(=O)OCC(C)C)CC2C)c1. The lowest BCUT2D eigenvalue weighted by Gasteiger charge is -2.45. The number of carbonyl (C=O) groups is 1. The van der Waals surface area contributed by atoms with Crippen LogP contribution in [0.1, 0.15) is 27.7 Å². The van der Waals surface area contributed by atoms with Crippen LogP contribution in [0.4, 0.5) is 10.5 Å². The van der Waals surface area contributed by atoms with E-state index in [9.17, 15) is 4.79 Å². The smallest absolute Gasteiger partial charge is 0.409 e. The zero-order valence-corrected chi connectivity index (χ0v) is 14.8. The summed E-state index contributed by atoms with van der Waals surface area (Å²) < 4.78 is 10.7. The van der Waals surface area contributed by atoms with E-state index >= 15 is 0 Å². The van der Waals surface area contributed by atoms with E-state index in [2.05, 4.69) is 24.8 Å². The molecule has 5 heteroatoms. The van der Waals surface area contributed by atoms with Crippen molar-refractivity contribution in [2.45, 2.75) is 39.8 Å². The van der Waals surface area contributed by atoms with E-state index in [0.29, 0.717) is 25.6 Å². The van der Waals surface area contributed by atoms with Gasteiger partial charge in [0, 0.05) is 36.9 Å². The molecule has 1 amide bonds. The minimum atomic E-state index is -0.206. The Morgan fingerprint density at radius 1 is 1.26 bits per heavy atom. The highest BCUT2D eigenvalue weighted by atomic mass is 16.6. The van der Waals surface area contributed by atoms with Crippen molar-refractivity contribution in [3.63, 3.8) is 0 Å². The summed E-state index contributed by atoms with van der Waals surface area (Å²) in [6.07, 6.45) is -0.206. The van der Waals surface area contributed by atoms with Gasteiger partial charge in [-0.2, -0.15) is 0 Å². The number of hydrogen-bond donors (Lipinski definition) is 0. The van der Waals surface area contributed by atoms with Crippen molar-refractivity contribution in [1.29, 1.82) is 0 Å². The molecule has 128 valence electrons. The molecule has 0 aliphatic carbocycles. The van der Waals surface area contributed by atoms with Gasteiger partial charge in [-0.3, -0.25) is 0 Å². The summed E-state index contributed by atoms with van der Waals surface area (Å²) in [6, 6.07) is 8.51. The van der Waals surface area contributed by atoms with Crippen molar-refractivity contribution in [3.05, 3.63) is 24.3 Å². The second-order valence-electron chi connectivity index (χ2n) is 6.68. The Morgan fingerprint density at radius 2 is 1.91 bits per heavy atom. The molecule has 1 aliphatic rings. The molecule has 1 aromatic rings. The van der Waals surface area contributed by atoms with E-state index in [-0.39, 0.29) is 18.2 Å². The minimum Gasteiger partial charge on any atom is -0.497 e. The van der Waals surface area contributed by atoms with E-state index < -0.39 is 0 Å². The third kappa shape index (κ3) is 4.30. The normalized spacial score (nSPS) is 21.5. The van der Waals surface area contributed by atoms with Gasteiger partial charge in [0.1, 0.15) is 5.75 Å². The fourth-order valence-electron chi connectivity index (χ4n) is 3.08. The van der Waals surface area contributed by atoms with E-state index in [1.807, 2.05) is 36.9 Å². The number of anilines is 1. The molecule has 0 saturated carbocycles. The van der Waals surface area contributed by atoms with Crippen LogP contribution in [0.15, 0.2) is 24.3 Å². The molecule has 0 radical (unpaired) electrons. The summed E-state index contributed by atoms with van der Waals surface area (Å²) in [4.78, 5) is 16.4. The Labute approximate surface area is 139 Å². The average Bonchev–Trinajstić information content (AvgIpc) is 2.52. The first-order chi connectivity index (χ1) is 10.9. The molecular weight excluding hydrogens is 292 g/mol. The van der Waals surface area contributed by atoms with Gasteiger partial charge in [0.2, 0.25) is 0 Å². The van der Waals surface area contributed by atoms with Crippen molar-refractivity contribution >= 4 is 11.8 Å². The zero-order valence-electron chi connectivity index (χ0n) is 14.8. The number of benzene rings is 1. The van der Waals surface area contributed by atoms with Gasteiger partial charge < -0.3 is 19.3 Å². The minimum absolute atomic E-state index is 0.206. The Balaban J connectivity index is 2.05. The molecule has 2 unspecified atom stereocenters. The molecule has 0 bridgehead atoms. The van der Waals surface area contributed by atoms with E-state index in [0.717, 1.165) is 11.4 Å². The second-order valence-corrected chi connectivity index (χ2v) is 6.68. The number of rotatable bonds is 4. The summed E-state index contributed by atoms with van der Waals surface area (Å²) in [5.41, 5.74) is 1.12. The lowest BCUT2D eigenvalue weighted by Crippen LogP contribution is -2.58. The number of methoxy groups -OCH3 is 1. The lowest BCUT2D eigenvalue weighted by atomic mass is 10.1. The van der Waals surface area contributed by atoms with Crippen LogP contribution in [0.2, 0.25) is 0 Å². The van der Waals surface area contributed by atoms with E-state index in [1.54, 1.807) is 7.11 Å². The summed E-state index contributed by atoms with van der Waals surface area (Å²) >= 11 is 0. The Bertz CT molecular complexity index is 521. The molecule has 0 N–H and O–H groups in total. The Hall–Kier alpha value is -1.91. The first-order valence-corrected chi connectivity index (χ1v) is 8.26. The number of amides is 1. The van der Waals surface area contributed by atoms with Gasteiger partial charge in [-0.25, -0.2) is 4.79 Å². The van der Waals surface area contributed by atoms with Gasteiger partial charge in [-0.05, 0) is 31.9 Å². The molecule has 1 aliphatic heterocycles. The molecule has 2 atom stereocenters. The standard InChI is InChI=1S/C18H28N2O3/c1-13(2)12-23-18(21)19-10-14(3)20(15(4)11-19)16-7-6-8-17(9-16)22-5/h6-9,13-15H,10-12H2,1-5H3. The molecule has 1 fully saturated rings. The third-order valence-corrected chi connectivity index (χ3v) is 4.07. The Morgan fingerprint density at radius 3 is 2.48 bits per heavy atom. The zero-order chi connectivity index (χ0) is 17.0. The van der Waals surface area contributed by atoms with Gasteiger partial charge in [-0.15, -0.1) is 0 Å². The monoisotopic (exact) mass is 320 g/mol. The largest absolute Gasteiger partial charge is 0.497 e. The summed E-state index contributed by atoms with van der Waals surface area (Å²) in [5, 5.41) is 0. The number of nitrogens with zero attached hydrogens (tertiary/aromatic N) is 2. The molecule has 0 spiro atoms. The van der Waals surface area contributed by atoms with Crippen LogP contribution >= 0.6 is 0 Å². The first kappa shape index (κ1) is 17.4. The number of hydrogen-bond acceptors (Lipinski definition) is 4. The maximum Gasteiger partial charge on any atom is 0.409 e. The molecule has 23 heavy (non-hydrogen) atoms. The van der Waals surface area contributed by atoms with Crippen LogP contribution in [0.25, 0.3) is 0 Å². The Kier molecular flexibility index (Phi) is 5.74. The highest BCUT2D eigenvalue weighted by Gasteiger charge is 2.32. The molecular formula is C18H28N2O3. The molecule has 0 aromatic heterocycles. The van der Waals surface area contributed by atoms with Crippen molar-refractivity contribution < 1.29 is 14.3 Å². The summed E-state index contributed by atoms with van der Waals surface area (Å²) in [5.74, 6) is 1.20. The van der Waals surface area contributed by atoms with Crippen molar-refractivity contribution in [2.75, 3.05) is 31.7 Å². The van der Waals surface area contributed by atoms with Crippen LogP contribution in [0, 0.1) is 5.92 Å². The maximum atomic E-state index is 12.2. The predicted molar refractivity (Wildman–Crippen MR) is 92.2 cm³/mol. The maximum absolute atomic E-state index is 12.2. The van der Waals surface area contributed by atoms with Gasteiger partial charge in [-0.1, -0.05) is 19.9 Å². The van der Waals surface area contributed by atoms with Gasteiger partial charge in [0.15, 0.2) is 0 Å². The van der Waals surface area contributed by atoms with Crippen molar-refractivity contribution in [3.8, 4) is 5.75 Å². The van der Waals surface area contributed by atoms with E-state index in [4.69, 9.17) is 9.47 Å². The summed E-state index contributed by atoms with van der Waals surface area (Å²) in [6.45, 7) is 10.2. The number of carbonyl (C=O) groups excluding carboxylic acids is 1. The van der Waals surface area contributed by atoms with Gasteiger partial charge >= 0.3 is 6.09 Å². The highest BCUT2D eigenvalue weighted by molar-refractivity contribution is 5.68. The predicted octanol–water partition coefficient (Wildman–Crippen LogP) is 3.39. The quantitative estimate of drug-likeness (QED) is 0.853. The average molecular weight is 320 g/mol. The molecule has 2 rings (SSSR count). The van der Waals surface area contributed by atoms with Crippen LogP contribution in [0.5, 0.6) is 5.75 Å². The topological polar surface area (TPSA) is 42.0 Å². The fourth-order valence-corrected chi connectivity index (χ4v) is 3.08. The van der Waals surface area contributed by atoms with Crippen LogP contribution in [0.3, 0.4) is 0 Å². The number of piperazine rings is 1. The van der Waals surface area contributed by atoms with Crippen molar-refractivity contribution in [1.82, 2.24) is 4.90 Å². The van der Waals surface area contributed by atoms with Gasteiger partial charge in [0.05, 0.1) is 13.7 Å². The lowest BCUT2D eigenvalue weighted by molar-refractivity contribution is 0.0812. The van der Waals surface area contributed by atoms with Gasteiger partial charge in [0.25, 0.3) is 0 Å². The highest BCUT2D eigenvalue weighted by Crippen LogP contribution is 2.28. The third-order valence-electron chi connectivity index (χ3n) is 4.07. The first-order valence-electron chi connectivity index (χ1n) is 8.26. The molecule has 1 saturated heterocycles.